The Balaban J connectivity index is 1.15. The van der Waals surface area contributed by atoms with E-state index in [1.165, 1.54) is 11.8 Å². The average Bonchev–Trinajstić information content (AvgIpc) is 3.30. The first-order valence-corrected chi connectivity index (χ1v) is 13.2. The van der Waals surface area contributed by atoms with Gasteiger partial charge in [0.25, 0.3) is 0 Å². The van der Waals surface area contributed by atoms with Crippen molar-refractivity contribution in [3.63, 3.8) is 0 Å². The number of ether oxygens (including phenoxy) is 2. The van der Waals surface area contributed by atoms with E-state index < -0.39 is 5.79 Å². The van der Waals surface area contributed by atoms with E-state index in [4.69, 9.17) is 32.7 Å². The van der Waals surface area contributed by atoms with Crippen LogP contribution in [0.3, 0.4) is 0 Å². The van der Waals surface area contributed by atoms with E-state index in [-0.39, 0.29) is 11.7 Å². The number of nitrogens with zero attached hydrogens (tertiary/aromatic N) is 5. The SMILES string of the molecule is O=C(CSc1nc(Cl)cc(N2CCN(c3cccc(Cl)c3)CC2)n1)N1CCC2(CC1)OCCO2. The number of amides is 1. The highest BCUT2D eigenvalue weighted by atomic mass is 35.5. The summed E-state index contributed by atoms with van der Waals surface area (Å²) in [5, 5.41) is 1.64. The van der Waals surface area contributed by atoms with Crippen molar-refractivity contribution in [3.05, 3.63) is 40.5 Å². The number of rotatable bonds is 5. The zero-order chi connectivity index (χ0) is 23.5. The van der Waals surface area contributed by atoms with Crippen LogP contribution in [0.25, 0.3) is 0 Å². The van der Waals surface area contributed by atoms with E-state index in [2.05, 4.69) is 25.8 Å². The molecule has 5 rings (SSSR count). The van der Waals surface area contributed by atoms with Crippen molar-refractivity contribution in [2.24, 2.45) is 0 Å². The topological polar surface area (TPSA) is 71.0 Å². The molecule has 3 saturated heterocycles. The van der Waals surface area contributed by atoms with Crippen molar-refractivity contribution in [1.29, 1.82) is 0 Å². The zero-order valence-electron chi connectivity index (χ0n) is 18.8. The molecule has 3 fully saturated rings. The highest BCUT2D eigenvalue weighted by Gasteiger charge is 2.40. The minimum absolute atomic E-state index is 0.0677. The highest BCUT2D eigenvalue weighted by molar-refractivity contribution is 7.99. The third kappa shape index (κ3) is 5.54. The number of anilines is 2. The lowest BCUT2D eigenvalue weighted by atomic mass is 10.0. The molecule has 182 valence electrons. The van der Waals surface area contributed by atoms with Crippen LogP contribution in [0, 0.1) is 0 Å². The Morgan fingerprint density at radius 2 is 1.68 bits per heavy atom. The first-order chi connectivity index (χ1) is 16.5. The van der Waals surface area contributed by atoms with Gasteiger partial charge in [0.15, 0.2) is 10.9 Å². The smallest absolute Gasteiger partial charge is 0.233 e. The number of thioether (sulfide) groups is 1. The lowest BCUT2D eigenvalue weighted by Gasteiger charge is -2.37. The van der Waals surface area contributed by atoms with Gasteiger partial charge in [0.05, 0.1) is 19.0 Å². The molecular formula is C23H27Cl2N5O3S. The number of piperidine rings is 1. The Bertz CT molecular complexity index is 1020. The zero-order valence-corrected chi connectivity index (χ0v) is 21.1. The maximum Gasteiger partial charge on any atom is 0.233 e. The van der Waals surface area contributed by atoms with E-state index in [1.54, 1.807) is 6.07 Å². The molecule has 0 saturated carbocycles. The number of hydrogen-bond donors (Lipinski definition) is 0. The summed E-state index contributed by atoms with van der Waals surface area (Å²) in [4.78, 5) is 28.1. The predicted octanol–water partition coefficient (Wildman–Crippen LogP) is 3.57. The van der Waals surface area contributed by atoms with Crippen LogP contribution in [-0.4, -0.2) is 84.8 Å². The van der Waals surface area contributed by atoms with Crippen LogP contribution in [-0.2, 0) is 14.3 Å². The maximum absolute atomic E-state index is 12.8. The molecule has 0 radical (unpaired) electrons. The third-order valence-electron chi connectivity index (χ3n) is 6.45. The minimum Gasteiger partial charge on any atom is -0.368 e. The number of hydrogen-bond acceptors (Lipinski definition) is 8. The normalized spacial score (nSPS) is 20.2. The fourth-order valence-corrected chi connectivity index (χ4v) is 5.75. The number of piperazine rings is 1. The molecule has 0 atom stereocenters. The van der Waals surface area contributed by atoms with E-state index in [0.717, 1.165) is 42.7 Å². The molecule has 1 aromatic carbocycles. The molecule has 1 aromatic heterocycles. The van der Waals surface area contributed by atoms with Gasteiger partial charge in [-0.15, -0.1) is 0 Å². The molecule has 1 amide bonds. The van der Waals surface area contributed by atoms with Crippen molar-refractivity contribution >= 4 is 52.4 Å². The Morgan fingerprint density at radius 3 is 2.38 bits per heavy atom. The standard InChI is InChI=1S/C23H27Cl2N5O3S/c24-17-2-1-3-18(14-17)28-8-10-29(11-9-28)20-15-19(25)26-22(27-20)34-16-21(31)30-6-4-23(5-7-30)32-12-13-33-23/h1-3,14-15H,4-13,16H2. The summed E-state index contributed by atoms with van der Waals surface area (Å²) in [6.45, 7) is 5.86. The van der Waals surface area contributed by atoms with Gasteiger partial charge in [0.1, 0.15) is 11.0 Å². The maximum atomic E-state index is 12.8. The lowest BCUT2D eigenvalue weighted by Crippen LogP contribution is -2.47. The summed E-state index contributed by atoms with van der Waals surface area (Å²) in [7, 11) is 0. The first kappa shape index (κ1) is 23.9. The first-order valence-electron chi connectivity index (χ1n) is 11.5. The van der Waals surface area contributed by atoms with Gasteiger partial charge in [0, 0.05) is 68.9 Å². The van der Waals surface area contributed by atoms with Crippen LogP contribution in [0.15, 0.2) is 35.5 Å². The van der Waals surface area contributed by atoms with Gasteiger partial charge in [-0.25, -0.2) is 9.97 Å². The molecule has 3 aliphatic rings. The van der Waals surface area contributed by atoms with Crippen molar-refractivity contribution in [2.75, 3.05) is 68.0 Å². The van der Waals surface area contributed by atoms with Crippen LogP contribution < -0.4 is 9.80 Å². The van der Waals surface area contributed by atoms with Gasteiger partial charge in [-0.3, -0.25) is 4.79 Å². The van der Waals surface area contributed by atoms with Gasteiger partial charge in [-0.1, -0.05) is 41.0 Å². The van der Waals surface area contributed by atoms with Gasteiger partial charge < -0.3 is 24.2 Å². The number of halogens is 2. The molecule has 8 nitrogen and oxygen atoms in total. The second-order valence-corrected chi connectivity index (χ2v) is 10.3. The Labute approximate surface area is 213 Å². The van der Waals surface area contributed by atoms with Crippen molar-refractivity contribution in [3.8, 4) is 0 Å². The highest BCUT2D eigenvalue weighted by Crippen LogP contribution is 2.32. The summed E-state index contributed by atoms with van der Waals surface area (Å²) in [5.74, 6) is 0.650. The summed E-state index contributed by atoms with van der Waals surface area (Å²) in [6, 6.07) is 9.70. The fraction of sp³-hybridized carbons (Fsp3) is 0.522. The molecule has 0 bridgehead atoms. The van der Waals surface area contributed by atoms with Crippen molar-refractivity contribution in [1.82, 2.24) is 14.9 Å². The summed E-state index contributed by atoms with van der Waals surface area (Å²) in [6.07, 6.45) is 1.42. The molecule has 4 heterocycles. The second-order valence-electron chi connectivity index (χ2n) is 8.56. The van der Waals surface area contributed by atoms with Gasteiger partial charge in [-0.05, 0) is 18.2 Å². The summed E-state index contributed by atoms with van der Waals surface area (Å²) < 4.78 is 11.5. The molecule has 0 unspecified atom stereocenters. The molecule has 2 aromatic rings. The van der Waals surface area contributed by atoms with Crippen LogP contribution in [0.1, 0.15) is 12.8 Å². The minimum atomic E-state index is -0.480. The van der Waals surface area contributed by atoms with Crippen LogP contribution in [0.5, 0.6) is 0 Å². The number of benzene rings is 1. The summed E-state index contributed by atoms with van der Waals surface area (Å²) in [5.41, 5.74) is 1.12. The lowest BCUT2D eigenvalue weighted by molar-refractivity contribution is -0.186. The van der Waals surface area contributed by atoms with E-state index in [1.807, 2.05) is 23.1 Å². The van der Waals surface area contributed by atoms with Crippen molar-refractivity contribution in [2.45, 2.75) is 23.8 Å². The number of carbonyl (C=O) groups excluding carboxylic acids is 1. The Morgan fingerprint density at radius 1 is 0.971 bits per heavy atom. The van der Waals surface area contributed by atoms with Crippen molar-refractivity contribution < 1.29 is 14.3 Å². The molecule has 34 heavy (non-hydrogen) atoms. The number of carbonyl (C=O) groups is 1. The average molecular weight is 524 g/mol. The second kappa shape index (κ2) is 10.5. The monoisotopic (exact) mass is 523 g/mol. The van der Waals surface area contributed by atoms with Crippen LogP contribution in [0.2, 0.25) is 10.2 Å². The van der Waals surface area contributed by atoms with Crippen LogP contribution >= 0.6 is 35.0 Å². The van der Waals surface area contributed by atoms with Gasteiger partial charge in [-0.2, -0.15) is 0 Å². The Kier molecular flexibility index (Phi) is 7.36. The molecule has 0 N–H and O–H groups in total. The third-order valence-corrected chi connectivity index (χ3v) is 7.71. The Hall–Kier alpha value is -1.78. The molecular weight excluding hydrogens is 497 g/mol. The van der Waals surface area contributed by atoms with Gasteiger partial charge in [0.2, 0.25) is 5.91 Å². The van der Waals surface area contributed by atoms with E-state index in [9.17, 15) is 4.79 Å². The van der Waals surface area contributed by atoms with E-state index >= 15 is 0 Å². The molecule has 11 heteroatoms. The summed E-state index contributed by atoms with van der Waals surface area (Å²) >= 11 is 13.8. The largest absolute Gasteiger partial charge is 0.368 e. The molecule has 1 spiro atoms. The molecule has 0 aliphatic carbocycles. The molecule has 3 aliphatic heterocycles. The quantitative estimate of drug-likeness (QED) is 0.334. The van der Waals surface area contributed by atoms with Crippen LogP contribution in [0.4, 0.5) is 11.5 Å². The fourth-order valence-electron chi connectivity index (χ4n) is 4.58. The number of likely N-dealkylation sites (tertiary alicyclic amines) is 1. The number of aromatic nitrogens is 2. The van der Waals surface area contributed by atoms with Gasteiger partial charge >= 0.3 is 0 Å². The predicted molar refractivity (Wildman–Crippen MR) is 134 cm³/mol. The van der Waals surface area contributed by atoms with E-state index in [0.29, 0.717) is 49.5 Å².